The third kappa shape index (κ3) is 3.41. The van der Waals surface area contributed by atoms with Gasteiger partial charge in [0, 0.05) is 24.2 Å². The molecule has 1 heterocycles. The summed E-state index contributed by atoms with van der Waals surface area (Å²) in [6, 6.07) is 11.7. The number of halogens is 1. The molecular weight excluding hydrogens is 336 g/mol. The third-order valence-electron chi connectivity index (χ3n) is 3.07. The van der Waals surface area contributed by atoms with Gasteiger partial charge in [0.05, 0.1) is 15.9 Å². The fraction of sp³-hybridized carbons (Fsp3) is 0.267. The Labute approximate surface area is 131 Å². The third-order valence-corrected chi connectivity index (χ3v) is 4.68. The molecule has 1 N–H and O–H groups in total. The van der Waals surface area contributed by atoms with Crippen LogP contribution < -0.4 is 5.32 Å². The van der Waals surface area contributed by atoms with Crippen LogP contribution in [0.25, 0.3) is 0 Å². The molecule has 1 amide bonds. The van der Waals surface area contributed by atoms with E-state index in [1.165, 1.54) is 4.88 Å². The summed E-state index contributed by atoms with van der Waals surface area (Å²) in [7, 11) is 1.83. The van der Waals surface area contributed by atoms with Gasteiger partial charge in [-0.25, -0.2) is 0 Å². The lowest BCUT2D eigenvalue weighted by Gasteiger charge is -2.21. The zero-order valence-corrected chi connectivity index (χ0v) is 13.9. The Kier molecular flexibility index (Phi) is 5.20. The molecule has 0 fully saturated rings. The first kappa shape index (κ1) is 15.1. The van der Waals surface area contributed by atoms with Gasteiger partial charge in [-0.05, 0) is 47.1 Å². The van der Waals surface area contributed by atoms with E-state index in [0.29, 0.717) is 18.7 Å². The van der Waals surface area contributed by atoms with Gasteiger partial charge in [0.15, 0.2) is 0 Å². The molecule has 0 aliphatic carbocycles. The summed E-state index contributed by atoms with van der Waals surface area (Å²) >= 11 is 5.11. The monoisotopic (exact) mass is 352 g/mol. The second-order valence-electron chi connectivity index (χ2n) is 4.32. The predicted molar refractivity (Wildman–Crippen MR) is 88.4 cm³/mol. The number of hydrogen-bond donors (Lipinski definition) is 1. The van der Waals surface area contributed by atoms with Gasteiger partial charge < -0.3 is 10.2 Å². The first-order valence-corrected chi connectivity index (χ1v) is 8.07. The molecule has 20 heavy (non-hydrogen) atoms. The number of carbonyl (C=O) groups is 1. The predicted octanol–water partition coefficient (Wildman–Crippen LogP) is 4.21. The molecule has 0 atom stereocenters. The minimum absolute atomic E-state index is 0.0574. The number of hydrogen-bond acceptors (Lipinski definition) is 3. The number of thiophene rings is 1. The normalized spacial score (nSPS) is 10.3. The van der Waals surface area contributed by atoms with Crippen LogP contribution >= 0.6 is 27.3 Å². The van der Waals surface area contributed by atoms with Crippen LogP contribution in [0.4, 0.5) is 5.69 Å². The van der Waals surface area contributed by atoms with Gasteiger partial charge >= 0.3 is 0 Å². The van der Waals surface area contributed by atoms with E-state index in [0.717, 1.165) is 9.47 Å². The first-order valence-electron chi connectivity index (χ1n) is 6.46. The average molecular weight is 353 g/mol. The van der Waals surface area contributed by atoms with Crippen molar-refractivity contribution in [3.05, 3.63) is 50.6 Å². The van der Waals surface area contributed by atoms with Crippen molar-refractivity contribution in [3.63, 3.8) is 0 Å². The highest BCUT2D eigenvalue weighted by Crippen LogP contribution is 2.24. The largest absolute Gasteiger partial charge is 0.387 e. The molecule has 0 spiro atoms. The number of benzene rings is 1. The van der Waals surface area contributed by atoms with E-state index in [-0.39, 0.29) is 5.91 Å². The number of para-hydroxylation sites is 1. The molecule has 3 nitrogen and oxygen atoms in total. The zero-order valence-electron chi connectivity index (χ0n) is 11.5. The minimum Gasteiger partial charge on any atom is -0.387 e. The summed E-state index contributed by atoms with van der Waals surface area (Å²) < 4.78 is 1.09. The van der Waals surface area contributed by atoms with Crippen molar-refractivity contribution < 1.29 is 4.79 Å². The fourth-order valence-electron chi connectivity index (χ4n) is 2.01. The van der Waals surface area contributed by atoms with E-state index in [2.05, 4.69) is 27.3 Å². The molecule has 0 unspecified atom stereocenters. The zero-order chi connectivity index (χ0) is 14.5. The molecule has 0 saturated carbocycles. The summed E-state index contributed by atoms with van der Waals surface area (Å²) in [4.78, 5) is 15.7. The smallest absolute Gasteiger partial charge is 0.256 e. The topological polar surface area (TPSA) is 32.3 Å². The standard InChI is InChI=1S/C15H17BrN2OS/c1-3-18(10-11-8-9-14(16)20-11)15(19)12-6-4-5-7-13(12)17-2/h4-9,17H,3,10H2,1-2H3. The van der Waals surface area contributed by atoms with Crippen LogP contribution in [-0.4, -0.2) is 24.4 Å². The van der Waals surface area contributed by atoms with E-state index < -0.39 is 0 Å². The van der Waals surface area contributed by atoms with E-state index >= 15 is 0 Å². The highest BCUT2D eigenvalue weighted by Gasteiger charge is 2.17. The Balaban J connectivity index is 2.20. The van der Waals surface area contributed by atoms with Crippen molar-refractivity contribution in [1.29, 1.82) is 0 Å². The van der Waals surface area contributed by atoms with Crippen LogP contribution in [0.2, 0.25) is 0 Å². The fourth-order valence-corrected chi connectivity index (χ4v) is 3.51. The molecule has 1 aromatic carbocycles. The van der Waals surface area contributed by atoms with E-state index in [9.17, 15) is 4.79 Å². The van der Waals surface area contributed by atoms with Gasteiger partial charge in [-0.1, -0.05) is 12.1 Å². The maximum atomic E-state index is 12.6. The van der Waals surface area contributed by atoms with Crippen LogP contribution in [0.5, 0.6) is 0 Å². The summed E-state index contributed by atoms with van der Waals surface area (Å²) in [6.07, 6.45) is 0. The van der Waals surface area contributed by atoms with Gasteiger partial charge in [-0.3, -0.25) is 4.79 Å². The number of rotatable bonds is 5. The number of nitrogens with one attached hydrogen (secondary N) is 1. The van der Waals surface area contributed by atoms with Crippen molar-refractivity contribution in [2.75, 3.05) is 18.9 Å². The van der Waals surface area contributed by atoms with Crippen LogP contribution in [0.3, 0.4) is 0 Å². The quantitative estimate of drug-likeness (QED) is 0.873. The lowest BCUT2D eigenvalue weighted by Crippen LogP contribution is -2.30. The Morgan fingerprint density at radius 3 is 2.65 bits per heavy atom. The number of amides is 1. The molecule has 1 aromatic heterocycles. The van der Waals surface area contributed by atoms with Crippen molar-refractivity contribution in [1.82, 2.24) is 4.90 Å². The molecule has 0 saturated heterocycles. The SMILES string of the molecule is CCN(Cc1ccc(Br)s1)C(=O)c1ccccc1NC. The number of nitrogens with zero attached hydrogens (tertiary/aromatic N) is 1. The molecule has 0 radical (unpaired) electrons. The number of anilines is 1. The van der Waals surface area contributed by atoms with Crippen molar-refractivity contribution >= 4 is 38.9 Å². The van der Waals surface area contributed by atoms with Gasteiger partial charge in [0.1, 0.15) is 0 Å². The Bertz CT molecular complexity index is 597. The van der Waals surface area contributed by atoms with Crippen LogP contribution in [0.15, 0.2) is 40.2 Å². The lowest BCUT2D eigenvalue weighted by atomic mass is 10.1. The molecule has 2 aromatic rings. The molecule has 2 rings (SSSR count). The second-order valence-corrected chi connectivity index (χ2v) is 6.87. The van der Waals surface area contributed by atoms with E-state index in [1.54, 1.807) is 11.3 Å². The van der Waals surface area contributed by atoms with E-state index in [4.69, 9.17) is 0 Å². The molecule has 106 valence electrons. The molecule has 0 aliphatic heterocycles. The molecular formula is C15H17BrN2OS. The molecule has 0 aliphatic rings. The minimum atomic E-state index is 0.0574. The van der Waals surface area contributed by atoms with Gasteiger partial charge in [-0.15, -0.1) is 11.3 Å². The van der Waals surface area contributed by atoms with Crippen molar-refractivity contribution in [2.45, 2.75) is 13.5 Å². The van der Waals surface area contributed by atoms with Crippen molar-refractivity contribution in [2.24, 2.45) is 0 Å². The Hall–Kier alpha value is -1.33. The van der Waals surface area contributed by atoms with Gasteiger partial charge in [0.2, 0.25) is 0 Å². The van der Waals surface area contributed by atoms with Gasteiger partial charge in [0.25, 0.3) is 5.91 Å². The number of carbonyl (C=O) groups excluding carboxylic acids is 1. The van der Waals surface area contributed by atoms with Crippen molar-refractivity contribution in [3.8, 4) is 0 Å². The van der Waals surface area contributed by atoms with Crippen LogP contribution in [-0.2, 0) is 6.54 Å². The summed E-state index contributed by atoms with van der Waals surface area (Å²) in [5.41, 5.74) is 1.58. The Morgan fingerprint density at radius 1 is 1.30 bits per heavy atom. The average Bonchev–Trinajstić information content (AvgIpc) is 2.89. The maximum Gasteiger partial charge on any atom is 0.256 e. The van der Waals surface area contributed by atoms with Crippen LogP contribution in [0, 0.1) is 0 Å². The summed E-state index contributed by atoms with van der Waals surface area (Å²) in [5, 5.41) is 3.07. The van der Waals surface area contributed by atoms with Crippen LogP contribution in [0.1, 0.15) is 22.2 Å². The Morgan fingerprint density at radius 2 is 2.05 bits per heavy atom. The first-order chi connectivity index (χ1) is 9.65. The maximum absolute atomic E-state index is 12.6. The highest BCUT2D eigenvalue weighted by molar-refractivity contribution is 9.11. The van der Waals surface area contributed by atoms with E-state index in [1.807, 2.05) is 49.2 Å². The summed E-state index contributed by atoms with van der Waals surface area (Å²) in [5.74, 6) is 0.0574. The summed E-state index contributed by atoms with van der Waals surface area (Å²) in [6.45, 7) is 3.33. The van der Waals surface area contributed by atoms with Gasteiger partial charge in [-0.2, -0.15) is 0 Å². The molecule has 5 heteroatoms. The lowest BCUT2D eigenvalue weighted by molar-refractivity contribution is 0.0755. The second kappa shape index (κ2) is 6.90. The molecule has 0 bridgehead atoms. The highest BCUT2D eigenvalue weighted by atomic mass is 79.9.